The van der Waals surface area contributed by atoms with Crippen LogP contribution in [0.1, 0.15) is 32.8 Å². The van der Waals surface area contributed by atoms with Crippen molar-refractivity contribution in [3.63, 3.8) is 0 Å². The number of rotatable bonds is 2. The van der Waals surface area contributed by atoms with Crippen LogP contribution >= 0.6 is 0 Å². The van der Waals surface area contributed by atoms with Crippen LogP contribution in [0.15, 0.2) is 12.3 Å². The Balaban J connectivity index is 1.91. The van der Waals surface area contributed by atoms with Gasteiger partial charge in [0, 0.05) is 13.1 Å². The smallest absolute Gasteiger partial charge is 0.407 e. The molecule has 0 saturated carbocycles. The van der Waals surface area contributed by atoms with E-state index in [0.29, 0.717) is 5.69 Å². The highest BCUT2D eigenvalue weighted by Crippen LogP contribution is 2.21. The quantitative estimate of drug-likeness (QED) is 0.872. The summed E-state index contributed by atoms with van der Waals surface area (Å²) < 4.78 is 5.27. The third kappa shape index (κ3) is 4.24. The van der Waals surface area contributed by atoms with Gasteiger partial charge < -0.3 is 20.7 Å². The Morgan fingerprint density at radius 3 is 2.86 bits per heavy atom. The molecular formula is C15H24N4O2. The van der Waals surface area contributed by atoms with Crippen LogP contribution in [0.5, 0.6) is 0 Å². The number of hydrogen-bond acceptors (Lipinski definition) is 5. The van der Waals surface area contributed by atoms with E-state index >= 15 is 0 Å². The van der Waals surface area contributed by atoms with E-state index in [2.05, 4.69) is 15.2 Å². The third-order valence-electron chi connectivity index (χ3n) is 3.37. The van der Waals surface area contributed by atoms with Gasteiger partial charge in [-0.2, -0.15) is 0 Å². The Hall–Kier alpha value is -1.98. The Bertz CT molecular complexity index is 525. The lowest BCUT2D eigenvalue weighted by molar-refractivity contribution is 0.0509. The molecule has 116 valence electrons. The van der Waals surface area contributed by atoms with Crippen molar-refractivity contribution < 1.29 is 9.53 Å². The summed E-state index contributed by atoms with van der Waals surface area (Å²) in [7, 11) is 0. The molecule has 1 atom stereocenters. The minimum atomic E-state index is -0.474. The van der Waals surface area contributed by atoms with Crippen LogP contribution in [-0.4, -0.2) is 35.8 Å². The molecule has 0 bridgehead atoms. The number of aryl methyl sites for hydroxylation is 1. The molecule has 1 aromatic heterocycles. The summed E-state index contributed by atoms with van der Waals surface area (Å²) in [5, 5.41) is 2.91. The van der Waals surface area contributed by atoms with E-state index in [0.717, 1.165) is 30.9 Å². The zero-order valence-electron chi connectivity index (χ0n) is 13.1. The molecule has 0 aromatic carbocycles. The lowest BCUT2D eigenvalue weighted by Gasteiger charge is -2.22. The number of anilines is 2. The highest BCUT2D eigenvalue weighted by molar-refractivity contribution is 5.68. The van der Waals surface area contributed by atoms with Gasteiger partial charge in [-0.15, -0.1) is 0 Å². The molecule has 1 aromatic rings. The Kier molecular flexibility index (Phi) is 4.25. The fourth-order valence-electron chi connectivity index (χ4n) is 2.29. The van der Waals surface area contributed by atoms with Crippen molar-refractivity contribution in [2.24, 2.45) is 0 Å². The minimum absolute atomic E-state index is 0.0829. The number of pyridine rings is 1. The number of hydrogen-bond donors (Lipinski definition) is 2. The SMILES string of the molecule is Cc1cc(N2CC[C@H](NC(=O)OC(C)(C)C)C2)ncc1N. The maximum atomic E-state index is 11.8. The topological polar surface area (TPSA) is 80.5 Å². The van der Waals surface area contributed by atoms with Gasteiger partial charge in [-0.05, 0) is 45.7 Å². The molecule has 0 spiro atoms. The summed E-state index contributed by atoms with van der Waals surface area (Å²) in [5.74, 6) is 0.898. The number of carbonyl (C=O) groups is 1. The van der Waals surface area contributed by atoms with Gasteiger partial charge in [-0.25, -0.2) is 9.78 Å². The predicted molar refractivity (Wildman–Crippen MR) is 83.4 cm³/mol. The first kappa shape index (κ1) is 15.4. The lowest BCUT2D eigenvalue weighted by atomic mass is 10.2. The Labute approximate surface area is 125 Å². The summed E-state index contributed by atoms with van der Waals surface area (Å²) in [6.45, 7) is 9.12. The molecule has 3 N–H and O–H groups in total. The van der Waals surface area contributed by atoms with Gasteiger partial charge in [0.25, 0.3) is 0 Å². The molecular weight excluding hydrogens is 268 g/mol. The number of amides is 1. The van der Waals surface area contributed by atoms with E-state index in [1.54, 1.807) is 6.20 Å². The second kappa shape index (κ2) is 5.79. The molecule has 2 heterocycles. The van der Waals surface area contributed by atoms with Crippen LogP contribution in [-0.2, 0) is 4.74 Å². The highest BCUT2D eigenvalue weighted by atomic mass is 16.6. The summed E-state index contributed by atoms with van der Waals surface area (Å²) in [5.41, 5.74) is 7.02. The largest absolute Gasteiger partial charge is 0.444 e. The highest BCUT2D eigenvalue weighted by Gasteiger charge is 2.26. The number of aromatic nitrogens is 1. The molecule has 21 heavy (non-hydrogen) atoms. The zero-order valence-corrected chi connectivity index (χ0v) is 13.1. The molecule has 1 amide bonds. The van der Waals surface area contributed by atoms with Crippen molar-refractivity contribution in [3.8, 4) is 0 Å². The van der Waals surface area contributed by atoms with Gasteiger partial charge in [0.2, 0.25) is 0 Å². The number of alkyl carbamates (subject to hydrolysis) is 1. The minimum Gasteiger partial charge on any atom is -0.444 e. The van der Waals surface area contributed by atoms with Crippen LogP contribution in [0.2, 0.25) is 0 Å². The standard InChI is InChI=1S/C15H24N4O2/c1-10-7-13(17-8-12(10)16)19-6-5-11(9-19)18-14(20)21-15(2,3)4/h7-8,11H,5-6,9,16H2,1-4H3,(H,18,20)/t11-/m0/s1. The van der Waals surface area contributed by atoms with Crippen molar-refractivity contribution in [3.05, 3.63) is 17.8 Å². The average Bonchev–Trinajstić information content (AvgIpc) is 2.78. The molecule has 1 fully saturated rings. The zero-order chi connectivity index (χ0) is 15.6. The average molecular weight is 292 g/mol. The van der Waals surface area contributed by atoms with Gasteiger partial charge >= 0.3 is 6.09 Å². The molecule has 1 saturated heterocycles. The molecule has 0 aliphatic carbocycles. The van der Waals surface area contributed by atoms with Crippen LogP contribution < -0.4 is 16.0 Å². The summed E-state index contributed by atoms with van der Waals surface area (Å²) in [4.78, 5) is 18.3. The van der Waals surface area contributed by atoms with Crippen LogP contribution in [0, 0.1) is 6.92 Å². The van der Waals surface area contributed by atoms with Crippen LogP contribution in [0.3, 0.4) is 0 Å². The lowest BCUT2D eigenvalue weighted by Crippen LogP contribution is -2.40. The molecule has 0 radical (unpaired) electrons. The van der Waals surface area contributed by atoms with Crippen LogP contribution in [0.4, 0.5) is 16.3 Å². The summed E-state index contributed by atoms with van der Waals surface area (Å²) in [6.07, 6.45) is 2.19. The maximum Gasteiger partial charge on any atom is 0.407 e. The van der Waals surface area contributed by atoms with E-state index in [9.17, 15) is 4.79 Å². The fourth-order valence-corrected chi connectivity index (χ4v) is 2.29. The Morgan fingerprint density at radius 2 is 2.24 bits per heavy atom. The molecule has 6 heteroatoms. The fraction of sp³-hybridized carbons (Fsp3) is 0.600. The third-order valence-corrected chi connectivity index (χ3v) is 3.37. The second-order valence-corrected chi connectivity index (χ2v) is 6.48. The molecule has 2 rings (SSSR count). The number of nitrogen functional groups attached to an aromatic ring is 1. The predicted octanol–water partition coefficient (Wildman–Crippen LogP) is 2.08. The Morgan fingerprint density at radius 1 is 1.52 bits per heavy atom. The second-order valence-electron chi connectivity index (χ2n) is 6.48. The number of nitrogens with two attached hydrogens (primary N) is 1. The van der Waals surface area contributed by atoms with E-state index < -0.39 is 5.60 Å². The molecule has 6 nitrogen and oxygen atoms in total. The number of nitrogens with zero attached hydrogens (tertiary/aromatic N) is 2. The number of nitrogens with one attached hydrogen (secondary N) is 1. The maximum absolute atomic E-state index is 11.8. The van der Waals surface area contributed by atoms with Crippen molar-refractivity contribution in [2.45, 2.75) is 45.8 Å². The van der Waals surface area contributed by atoms with Crippen LogP contribution in [0.25, 0.3) is 0 Å². The first-order chi connectivity index (χ1) is 9.74. The van der Waals surface area contributed by atoms with Crippen molar-refractivity contribution in [2.75, 3.05) is 23.7 Å². The monoisotopic (exact) mass is 292 g/mol. The first-order valence-corrected chi connectivity index (χ1v) is 7.21. The number of carbonyl (C=O) groups excluding carboxylic acids is 1. The normalized spacial score (nSPS) is 18.7. The van der Waals surface area contributed by atoms with Gasteiger partial charge in [0.15, 0.2) is 0 Å². The van der Waals surface area contributed by atoms with E-state index in [-0.39, 0.29) is 12.1 Å². The summed E-state index contributed by atoms with van der Waals surface area (Å²) in [6, 6.07) is 2.06. The van der Waals surface area contributed by atoms with E-state index in [1.807, 2.05) is 33.8 Å². The van der Waals surface area contributed by atoms with Crippen molar-refractivity contribution in [1.29, 1.82) is 0 Å². The first-order valence-electron chi connectivity index (χ1n) is 7.21. The number of ether oxygens (including phenoxy) is 1. The van der Waals surface area contributed by atoms with Crippen molar-refractivity contribution in [1.82, 2.24) is 10.3 Å². The van der Waals surface area contributed by atoms with E-state index in [4.69, 9.17) is 10.5 Å². The van der Waals surface area contributed by atoms with Gasteiger partial charge in [-0.3, -0.25) is 0 Å². The van der Waals surface area contributed by atoms with Gasteiger partial charge in [-0.1, -0.05) is 0 Å². The molecule has 1 aliphatic rings. The summed E-state index contributed by atoms with van der Waals surface area (Å²) >= 11 is 0. The molecule has 1 aliphatic heterocycles. The van der Waals surface area contributed by atoms with Gasteiger partial charge in [0.05, 0.1) is 17.9 Å². The molecule has 0 unspecified atom stereocenters. The van der Waals surface area contributed by atoms with E-state index in [1.165, 1.54) is 0 Å². The van der Waals surface area contributed by atoms with Crippen molar-refractivity contribution >= 4 is 17.6 Å². The van der Waals surface area contributed by atoms with Gasteiger partial charge in [0.1, 0.15) is 11.4 Å².